The van der Waals surface area contributed by atoms with E-state index in [1.807, 2.05) is 87.5 Å². The second kappa shape index (κ2) is 22.9. The average Bonchev–Trinajstić information content (AvgIpc) is 3.41. The zero-order chi connectivity index (χ0) is 50.3. The maximum absolute atomic E-state index is 15.4. The fourth-order valence-corrected chi connectivity index (χ4v) is 12.5. The van der Waals surface area contributed by atoms with E-state index in [0.717, 1.165) is 0 Å². The molecule has 4 aliphatic rings. The highest BCUT2D eigenvalue weighted by atomic mass is 16.5. The van der Waals surface area contributed by atoms with E-state index in [2.05, 4.69) is 0 Å². The van der Waals surface area contributed by atoms with Gasteiger partial charge in [-0.05, 0) is 49.4 Å². The molecule has 0 saturated carbocycles. The fourth-order valence-electron chi connectivity index (χ4n) is 12.5. The minimum Gasteiger partial charge on any atom is -0.381 e. The summed E-state index contributed by atoms with van der Waals surface area (Å²) in [6.07, 6.45) is 2.53. The van der Waals surface area contributed by atoms with Gasteiger partial charge in [0.1, 0.15) is 12.1 Å². The molecule has 0 N–H and O–H groups in total. The lowest BCUT2D eigenvalue weighted by atomic mass is 9.63. The number of benzene rings is 4. The van der Waals surface area contributed by atoms with Crippen LogP contribution >= 0.6 is 0 Å². The van der Waals surface area contributed by atoms with E-state index in [9.17, 15) is 4.79 Å². The van der Waals surface area contributed by atoms with Crippen LogP contribution in [0.5, 0.6) is 0 Å². The molecule has 7 atom stereocenters. The molecular weight excluding hydrogens is 895 g/mol. The third kappa shape index (κ3) is 11.2. The number of rotatable bonds is 15. The lowest BCUT2D eigenvalue weighted by Crippen LogP contribution is -2.69. The monoisotopic (exact) mass is 964 g/mol. The molecule has 13 heteroatoms. The number of ketones is 4. The zero-order valence-corrected chi connectivity index (χ0v) is 41.8. The van der Waals surface area contributed by atoms with Gasteiger partial charge in [0, 0.05) is 134 Å². The molecule has 71 heavy (non-hydrogen) atoms. The Morgan fingerprint density at radius 3 is 1.00 bits per heavy atom. The fraction of sp³-hybridized carbons (Fsp3) is 0.466. The first-order chi connectivity index (χ1) is 34.2. The van der Waals surface area contributed by atoms with E-state index in [1.165, 1.54) is 9.80 Å². The number of amides is 3. The Kier molecular flexibility index (Phi) is 16.5. The second-order valence-electron chi connectivity index (χ2n) is 20.6. The highest BCUT2D eigenvalue weighted by Gasteiger charge is 2.56. The Hall–Kier alpha value is -6.15. The second-order valence-corrected chi connectivity index (χ2v) is 20.6. The first-order valence-electron chi connectivity index (χ1n) is 25.4. The van der Waals surface area contributed by atoms with Crippen molar-refractivity contribution < 1.29 is 38.3 Å². The summed E-state index contributed by atoms with van der Waals surface area (Å²) in [5, 5.41) is 0. The predicted molar refractivity (Wildman–Crippen MR) is 271 cm³/mol. The Morgan fingerprint density at radius 2 is 0.732 bits per heavy atom. The molecule has 0 bridgehead atoms. The van der Waals surface area contributed by atoms with Gasteiger partial charge in [-0.15, -0.1) is 0 Å². The van der Waals surface area contributed by atoms with Gasteiger partial charge >= 0.3 is 0 Å². The smallest absolute Gasteiger partial charge is 0.241 e. The minimum absolute atomic E-state index is 0.0223. The third-order valence-corrected chi connectivity index (χ3v) is 16.0. The third-order valence-electron chi connectivity index (χ3n) is 16.0. The Labute approximate surface area is 418 Å². The number of nitrogens with zero attached hydrogens (tertiary/aromatic N) is 5. The number of hydrogen-bond donors (Lipinski definition) is 0. The molecule has 0 aromatic heterocycles. The number of likely N-dealkylation sites (N-methyl/N-ethyl adjacent to an activating group) is 2. The van der Waals surface area contributed by atoms with Crippen molar-refractivity contribution in [2.45, 2.75) is 44.7 Å². The molecule has 8 rings (SSSR count). The molecule has 4 aliphatic heterocycles. The van der Waals surface area contributed by atoms with E-state index < -0.39 is 59.4 Å². The van der Waals surface area contributed by atoms with E-state index in [0.29, 0.717) is 74.2 Å². The van der Waals surface area contributed by atoms with E-state index >= 15 is 28.8 Å². The maximum Gasteiger partial charge on any atom is 0.241 e. The highest BCUT2D eigenvalue weighted by molar-refractivity contribution is 6.03. The molecule has 4 saturated heterocycles. The molecule has 4 aromatic rings. The van der Waals surface area contributed by atoms with Crippen LogP contribution in [-0.2, 0) is 19.1 Å². The summed E-state index contributed by atoms with van der Waals surface area (Å²) in [5.41, 5.74) is 1.96. The number of hydrogen-bond acceptors (Lipinski definition) is 10. The number of Topliss-reactive ketones (excluding diaryl/α,β-unsaturated/α-hetero) is 4. The minimum atomic E-state index is -1.25. The van der Waals surface area contributed by atoms with Crippen LogP contribution in [-0.4, -0.2) is 158 Å². The van der Waals surface area contributed by atoms with Gasteiger partial charge in [0.15, 0.2) is 23.1 Å². The summed E-state index contributed by atoms with van der Waals surface area (Å²) in [6.45, 7) is 3.84. The van der Waals surface area contributed by atoms with E-state index in [1.54, 1.807) is 83.6 Å². The molecule has 4 fully saturated rings. The summed E-state index contributed by atoms with van der Waals surface area (Å²) < 4.78 is 5.84. The number of carbonyl (C=O) groups excluding carboxylic acids is 7. The van der Waals surface area contributed by atoms with Crippen molar-refractivity contribution >= 4 is 40.9 Å². The van der Waals surface area contributed by atoms with Crippen molar-refractivity contribution in [3.8, 4) is 0 Å². The molecule has 3 amide bonds. The van der Waals surface area contributed by atoms with Crippen LogP contribution < -0.4 is 0 Å². The summed E-state index contributed by atoms with van der Waals surface area (Å²) in [4.78, 5) is 113. The zero-order valence-electron chi connectivity index (χ0n) is 41.8. The molecule has 0 aliphatic carbocycles. The van der Waals surface area contributed by atoms with Crippen LogP contribution in [0.2, 0.25) is 0 Å². The van der Waals surface area contributed by atoms with Crippen LogP contribution in [0.15, 0.2) is 121 Å². The molecule has 13 nitrogen and oxygen atoms in total. The van der Waals surface area contributed by atoms with Crippen molar-refractivity contribution in [3.63, 3.8) is 0 Å². The number of piperidine rings is 3. The van der Waals surface area contributed by atoms with Gasteiger partial charge in [-0.1, -0.05) is 121 Å². The van der Waals surface area contributed by atoms with Crippen molar-refractivity contribution in [3.05, 3.63) is 144 Å². The lowest BCUT2D eigenvalue weighted by Gasteiger charge is -2.53. The van der Waals surface area contributed by atoms with Gasteiger partial charge in [-0.2, -0.15) is 0 Å². The summed E-state index contributed by atoms with van der Waals surface area (Å²) in [5.74, 6) is -5.49. The van der Waals surface area contributed by atoms with Gasteiger partial charge in [0.25, 0.3) is 0 Å². The standard InChI is InChI=1S/C58H69N5O8/c1-38(64)61-30-26-39(27-31-61)49-45(53(65)41-18-10-6-11-19-41)34-62(35-46(49)54(66)42-20-12-7-13-21-42)51(57(69)59(2)3)52(58(70)60(4)5)63-36-47(55(67)43-22-14-8-15-23-43)50(40-28-32-71-33-29-40)48(37-63)56(68)44-24-16-9-17-25-44/h6-25,39-40,45-52H,26-37H2,1-5H3/t45?,46?,47-,48+,49?,50?,51?,52?. The predicted octanol–water partition coefficient (Wildman–Crippen LogP) is 6.45. The molecule has 374 valence electrons. The summed E-state index contributed by atoms with van der Waals surface area (Å²) in [7, 11) is 6.57. The summed E-state index contributed by atoms with van der Waals surface area (Å²) >= 11 is 0. The molecule has 4 aromatic carbocycles. The van der Waals surface area contributed by atoms with Crippen molar-refractivity contribution in [1.82, 2.24) is 24.5 Å². The topological polar surface area (TPSA) is 145 Å². The first-order valence-corrected chi connectivity index (χ1v) is 25.4. The van der Waals surface area contributed by atoms with E-state index in [-0.39, 0.29) is 67.1 Å². The highest BCUT2D eigenvalue weighted by Crippen LogP contribution is 2.46. The van der Waals surface area contributed by atoms with Gasteiger partial charge < -0.3 is 19.4 Å². The summed E-state index contributed by atoms with van der Waals surface area (Å²) in [6, 6.07) is 33.7. The number of ether oxygens (including phenoxy) is 1. The largest absolute Gasteiger partial charge is 0.381 e. The van der Waals surface area contributed by atoms with E-state index in [4.69, 9.17) is 4.74 Å². The number of carbonyl (C=O) groups is 7. The van der Waals surface area contributed by atoms with Gasteiger partial charge in [0.2, 0.25) is 17.7 Å². The van der Waals surface area contributed by atoms with Crippen LogP contribution in [0.3, 0.4) is 0 Å². The van der Waals surface area contributed by atoms with Crippen LogP contribution in [0.4, 0.5) is 0 Å². The molecule has 5 unspecified atom stereocenters. The van der Waals surface area contributed by atoms with Crippen LogP contribution in [0.25, 0.3) is 0 Å². The first kappa shape index (κ1) is 51.2. The SMILES string of the molecule is CC(=O)N1CCC(C2C(C(=O)c3ccccc3)CN(C(C(=O)N(C)C)C(C(=O)N(C)C)N3C[C@H](C(=O)c4ccccc4)C(C4CCOCC4)[C@H](C(=O)c4ccccc4)C3)CC2C(=O)c2ccccc2)CC1. The normalized spacial score (nSPS) is 24.5. The molecule has 0 spiro atoms. The maximum atomic E-state index is 15.4. The molecule has 0 radical (unpaired) electrons. The quantitative estimate of drug-likeness (QED) is 0.122. The van der Waals surface area contributed by atoms with Crippen molar-refractivity contribution in [2.75, 3.05) is 80.7 Å². The van der Waals surface area contributed by atoms with Gasteiger partial charge in [0.05, 0.1) is 0 Å². The Morgan fingerprint density at radius 1 is 0.451 bits per heavy atom. The Bertz CT molecular complexity index is 2390. The van der Waals surface area contributed by atoms with Crippen LogP contribution in [0.1, 0.15) is 74.0 Å². The van der Waals surface area contributed by atoms with Gasteiger partial charge in [-0.25, -0.2) is 0 Å². The van der Waals surface area contributed by atoms with Crippen LogP contribution in [0, 0.1) is 47.3 Å². The average molecular weight is 964 g/mol. The van der Waals surface area contributed by atoms with Crippen molar-refractivity contribution in [2.24, 2.45) is 47.3 Å². The molecular formula is C58H69N5O8. The molecule has 4 heterocycles. The Balaban J connectivity index is 1.29. The lowest BCUT2D eigenvalue weighted by molar-refractivity contribution is -0.151. The number of likely N-dealkylation sites (tertiary alicyclic amines) is 3. The van der Waals surface area contributed by atoms with Crippen molar-refractivity contribution in [1.29, 1.82) is 0 Å². The van der Waals surface area contributed by atoms with Gasteiger partial charge in [-0.3, -0.25) is 43.4 Å².